The van der Waals surface area contributed by atoms with Gasteiger partial charge in [-0.3, -0.25) is 9.78 Å². The molecule has 1 aromatic rings. The molecule has 0 unspecified atom stereocenters. The Morgan fingerprint density at radius 3 is 3.07 bits per heavy atom. The quantitative estimate of drug-likeness (QED) is 0.626. The zero-order valence-electron chi connectivity index (χ0n) is 8.38. The van der Waals surface area contributed by atoms with Crippen LogP contribution in [0.2, 0.25) is 5.02 Å². The lowest BCUT2D eigenvalue weighted by Gasteiger charge is -2.04. The highest BCUT2D eigenvalue weighted by Gasteiger charge is 2.09. The number of halogens is 1. The van der Waals surface area contributed by atoms with Gasteiger partial charge in [0.2, 0.25) is 0 Å². The minimum absolute atomic E-state index is 0.247. The van der Waals surface area contributed by atoms with E-state index < -0.39 is 0 Å². The van der Waals surface area contributed by atoms with Crippen LogP contribution < -0.4 is 5.32 Å². The van der Waals surface area contributed by atoms with Gasteiger partial charge in [-0.05, 0) is 13.0 Å². The van der Waals surface area contributed by atoms with E-state index in [0.29, 0.717) is 23.6 Å². The number of nitrogens with zero attached hydrogens (tertiary/aromatic N) is 1. The van der Waals surface area contributed by atoms with Crippen LogP contribution in [0.15, 0.2) is 12.3 Å². The lowest BCUT2D eigenvalue weighted by molar-refractivity contribution is 0.0954. The molecule has 0 aromatic carbocycles. The first kappa shape index (κ1) is 11.5. The van der Waals surface area contributed by atoms with Crippen LogP contribution in [-0.4, -0.2) is 17.4 Å². The number of carbonyl (C=O) groups excluding carboxylic acids is 1. The lowest BCUT2D eigenvalue weighted by atomic mass is 10.2. The molecule has 0 atom stereocenters. The fourth-order valence-electron chi connectivity index (χ4n) is 1.04. The van der Waals surface area contributed by atoms with E-state index in [0.717, 1.165) is 5.69 Å². The highest BCUT2D eigenvalue weighted by Crippen LogP contribution is 2.15. The molecule has 4 heteroatoms. The molecule has 0 saturated carbocycles. The Labute approximate surface area is 93.9 Å². The molecule has 15 heavy (non-hydrogen) atoms. The van der Waals surface area contributed by atoms with E-state index >= 15 is 0 Å². The summed E-state index contributed by atoms with van der Waals surface area (Å²) in [6.45, 7) is 2.26. The summed E-state index contributed by atoms with van der Waals surface area (Å²) in [6, 6.07) is 1.65. The van der Waals surface area contributed by atoms with Gasteiger partial charge in [-0.2, -0.15) is 0 Å². The predicted octanol–water partition coefficient (Wildman–Crippen LogP) is 1.80. The van der Waals surface area contributed by atoms with Crippen molar-refractivity contribution in [2.24, 2.45) is 0 Å². The van der Waals surface area contributed by atoms with Crippen LogP contribution in [0.5, 0.6) is 0 Å². The summed E-state index contributed by atoms with van der Waals surface area (Å²) >= 11 is 5.90. The average Bonchev–Trinajstić information content (AvgIpc) is 2.17. The number of hydrogen-bond acceptors (Lipinski definition) is 2. The van der Waals surface area contributed by atoms with Crippen LogP contribution in [0.4, 0.5) is 0 Å². The molecule has 1 N–H and O–H groups in total. The maximum atomic E-state index is 11.5. The Hall–Kier alpha value is -1.53. The summed E-state index contributed by atoms with van der Waals surface area (Å²) in [6.07, 6.45) is 7.03. The molecule has 0 fully saturated rings. The molecule has 0 radical (unpaired) electrons. The summed E-state index contributed by atoms with van der Waals surface area (Å²) in [5, 5.41) is 3.06. The van der Waals surface area contributed by atoms with Crippen LogP contribution in [-0.2, 0) is 0 Å². The van der Waals surface area contributed by atoms with Crippen molar-refractivity contribution < 1.29 is 4.79 Å². The summed E-state index contributed by atoms with van der Waals surface area (Å²) in [5.41, 5.74) is 1.15. The van der Waals surface area contributed by atoms with E-state index in [4.69, 9.17) is 18.0 Å². The second-order valence-corrected chi connectivity index (χ2v) is 3.42. The molecule has 78 valence electrons. The summed E-state index contributed by atoms with van der Waals surface area (Å²) in [7, 11) is 0. The van der Waals surface area contributed by atoms with E-state index in [2.05, 4.69) is 16.2 Å². The molecular formula is C11H11ClN2O. The van der Waals surface area contributed by atoms with Gasteiger partial charge in [0.15, 0.2) is 0 Å². The van der Waals surface area contributed by atoms with Crippen LogP contribution in [0.3, 0.4) is 0 Å². The topological polar surface area (TPSA) is 42.0 Å². The monoisotopic (exact) mass is 222 g/mol. The number of rotatable bonds is 3. The fraction of sp³-hybridized carbons (Fsp3) is 0.273. The smallest absolute Gasteiger partial charge is 0.254 e. The van der Waals surface area contributed by atoms with Crippen molar-refractivity contribution in [2.75, 3.05) is 6.54 Å². The number of nitrogens with one attached hydrogen (secondary N) is 1. The number of terminal acetylenes is 1. The Kier molecular flexibility index (Phi) is 4.14. The molecule has 1 aromatic heterocycles. The van der Waals surface area contributed by atoms with Gasteiger partial charge in [-0.1, -0.05) is 11.6 Å². The predicted molar refractivity (Wildman–Crippen MR) is 59.8 cm³/mol. The Bertz CT molecular complexity index is 410. The maximum absolute atomic E-state index is 11.5. The van der Waals surface area contributed by atoms with Crippen molar-refractivity contribution in [3.63, 3.8) is 0 Å². The summed E-state index contributed by atoms with van der Waals surface area (Å²) < 4.78 is 0. The Morgan fingerprint density at radius 1 is 1.73 bits per heavy atom. The van der Waals surface area contributed by atoms with Crippen LogP contribution in [0.25, 0.3) is 0 Å². The van der Waals surface area contributed by atoms with E-state index in [1.165, 1.54) is 6.20 Å². The zero-order chi connectivity index (χ0) is 11.3. The largest absolute Gasteiger partial charge is 0.351 e. The van der Waals surface area contributed by atoms with Gasteiger partial charge in [0.1, 0.15) is 0 Å². The van der Waals surface area contributed by atoms with Gasteiger partial charge in [0.25, 0.3) is 5.91 Å². The third-order valence-electron chi connectivity index (χ3n) is 1.79. The number of aromatic nitrogens is 1. The average molecular weight is 223 g/mol. The SMILES string of the molecule is C#CCCNC(=O)c1cnc(C)cc1Cl. The van der Waals surface area contributed by atoms with Crippen LogP contribution >= 0.6 is 11.6 Å². The van der Waals surface area contributed by atoms with Gasteiger partial charge in [-0.25, -0.2) is 0 Å². The minimum atomic E-state index is -0.247. The Morgan fingerprint density at radius 2 is 2.47 bits per heavy atom. The van der Waals surface area contributed by atoms with Crippen molar-refractivity contribution in [1.29, 1.82) is 0 Å². The van der Waals surface area contributed by atoms with Gasteiger partial charge in [-0.15, -0.1) is 12.3 Å². The molecule has 1 heterocycles. The molecule has 0 spiro atoms. The molecule has 0 aliphatic rings. The first-order valence-electron chi connectivity index (χ1n) is 4.49. The lowest BCUT2D eigenvalue weighted by Crippen LogP contribution is -2.24. The molecule has 0 aliphatic carbocycles. The third kappa shape index (κ3) is 3.26. The normalized spacial score (nSPS) is 9.40. The molecular weight excluding hydrogens is 212 g/mol. The highest BCUT2D eigenvalue weighted by atomic mass is 35.5. The number of hydrogen-bond donors (Lipinski definition) is 1. The van der Waals surface area contributed by atoms with Gasteiger partial charge in [0.05, 0.1) is 10.6 Å². The second kappa shape index (κ2) is 5.38. The molecule has 1 amide bonds. The van der Waals surface area contributed by atoms with Crippen LogP contribution in [0.1, 0.15) is 22.5 Å². The fourth-order valence-corrected chi connectivity index (χ4v) is 1.33. The van der Waals surface area contributed by atoms with E-state index in [9.17, 15) is 4.79 Å². The summed E-state index contributed by atoms with van der Waals surface area (Å²) in [5.74, 6) is 2.19. The minimum Gasteiger partial charge on any atom is -0.351 e. The number of carbonyl (C=O) groups is 1. The second-order valence-electron chi connectivity index (χ2n) is 3.02. The standard InChI is InChI=1S/C11H11ClN2O/c1-3-4-5-13-11(15)9-7-14-8(2)6-10(9)12/h1,6-7H,4-5H2,2H3,(H,13,15). The number of amides is 1. The Balaban J connectivity index is 2.70. The number of pyridine rings is 1. The maximum Gasteiger partial charge on any atom is 0.254 e. The first-order chi connectivity index (χ1) is 7.15. The van der Waals surface area contributed by atoms with Gasteiger partial charge < -0.3 is 5.32 Å². The molecule has 0 aliphatic heterocycles. The van der Waals surface area contributed by atoms with Gasteiger partial charge >= 0.3 is 0 Å². The van der Waals surface area contributed by atoms with Gasteiger partial charge in [0, 0.05) is 24.9 Å². The third-order valence-corrected chi connectivity index (χ3v) is 2.10. The number of aryl methyl sites for hydroxylation is 1. The first-order valence-corrected chi connectivity index (χ1v) is 4.86. The molecule has 1 rings (SSSR count). The highest BCUT2D eigenvalue weighted by molar-refractivity contribution is 6.33. The van der Waals surface area contributed by atoms with E-state index in [1.807, 2.05) is 6.92 Å². The van der Waals surface area contributed by atoms with Crippen molar-refractivity contribution in [1.82, 2.24) is 10.3 Å². The van der Waals surface area contributed by atoms with E-state index in [-0.39, 0.29) is 5.91 Å². The summed E-state index contributed by atoms with van der Waals surface area (Å²) in [4.78, 5) is 15.6. The van der Waals surface area contributed by atoms with Crippen molar-refractivity contribution in [3.8, 4) is 12.3 Å². The molecule has 0 saturated heterocycles. The van der Waals surface area contributed by atoms with E-state index in [1.54, 1.807) is 6.07 Å². The molecule has 3 nitrogen and oxygen atoms in total. The zero-order valence-corrected chi connectivity index (χ0v) is 9.14. The molecule has 0 bridgehead atoms. The van der Waals surface area contributed by atoms with Crippen molar-refractivity contribution in [3.05, 3.63) is 28.5 Å². The van der Waals surface area contributed by atoms with Crippen molar-refractivity contribution in [2.45, 2.75) is 13.3 Å². The van der Waals surface area contributed by atoms with Crippen LogP contribution in [0, 0.1) is 19.3 Å². The van der Waals surface area contributed by atoms with Crippen molar-refractivity contribution >= 4 is 17.5 Å².